The molecule has 4 atom stereocenters. The molecule has 0 spiro atoms. The van der Waals surface area contributed by atoms with Crippen molar-refractivity contribution in [3.63, 3.8) is 0 Å². The average Bonchev–Trinajstić information content (AvgIpc) is 2.94. The highest BCUT2D eigenvalue weighted by Crippen LogP contribution is 2.55. The van der Waals surface area contributed by atoms with Crippen molar-refractivity contribution in [3.8, 4) is 0 Å². The van der Waals surface area contributed by atoms with Crippen LogP contribution in [0.25, 0.3) is 0 Å². The van der Waals surface area contributed by atoms with Crippen molar-refractivity contribution in [1.82, 2.24) is 10.2 Å². The fourth-order valence-electron chi connectivity index (χ4n) is 3.67. The summed E-state index contributed by atoms with van der Waals surface area (Å²) in [5.41, 5.74) is 4.10. The Morgan fingerprint density at radius 3 is 2.41 bits per heavy atom. The SMILES string of the molecule is COC(=O)[C@]1(NC(=O)C(N)c2ccc(F)cc2)C(=O)N2[C@@H](C(=O)O)C(C)(C)S[C@@H]21. The normalized spacial score (nSPS) is 28.2. The zero-order chi connectivity index (χ0) is 21.7. The number of methoxy groups -OCH3 is 1. The van der Waals surface area contributed by atoms with Crippen LogP contribution in [-0.2, 0) is 23.9 Å². The van der Waals surface area contributed by atoms with E-state index < -0.39 is 57.3 Å². The van der Waals surface area contributed by atoms with Crippen molar-refractivity contribution in [2.24, 2.45) is 5.73 Å². The minimum Gasteiger partial charge on any atom is -0.480 e. The number of amides is 2. The van der Waals surface area contributed by atoms with E-state index in [0.717, 1.165) is 35.9 Å². The number of carbonyl (C=O) groups excluding carboxylic acids is 3. The second kappa shape index (κ2) is 6.99. The number of rotatable bonds is 5. The molecule has 156 valence electrons. The molecular formula is C18H20FN3O6S. The average molecular weight is 425 g/mol. The highest BCUT2D eigenvalue weighted by molar-refractivity contribution is 8.01. The topological polar surface area (TPSA) is 139 Å². The second-order valence-electron chi connectivity index (χ2n) is 7.34. The fourth-order valence-corrected chi connectivity index (χ4v) is 5.35. The summed E-state index contributed by atoms with van der Waals surface area (Å²) < 4.78 is 16.9. The van der Waals surface area contributed by atoms with Gasteiger partial charge in [-0.2, -0.15) is 0 Å². The van der Waals surface area contributed by atoms with Gasteiger partial charge in [-0.05, 0) is 31.5 Å². The smallest absolute Gasteiger partial charge is 0.344 e. The molecule has 1 unspecified atom stereocenters. The predicted molar refractivity (Wildman–Crippen MR) is 99.9 cm³/mol. The molecule has 2 aliphatic rings. The molecule has 0 saturated carbocycles. The molecule has 9 nitrogen and oxygen atoms in total. The molecule has 29 heavy (non-hydrogen) atoms. The van der Waals surface area contributed by atoms with Crippen molar-refractivity contribution in [2.45, 2.75) is 41.6 Å². The van der Waals surface area contributed by atoms with Crippen LogP contribution < -0.4 is 11.1 Å². The van der Waals surface area contributed by atoms with Crippen LogP contribution in [0.2, 0.25) is 0 Å². The zero-order valence-corrected chi connectivity index (χ0v) is 16.7. The van der Waals surface area contributed by atoms with Crippen LogP contribution in [0.1, 0.15) is 25.5 Å². The van der Waals surface area contributed by atoms with Crippen molar-refractivity contribution < 1.29 is 33.4 Å². The van der Waals surface area contributed by atoms with Crippen molar-refractivity contribution in [3.05, 3.63) is 35.6 Å². The van der Waals surface area contributed by atoms with Gasteiger partial charge < -0.3 is 25.8 Å². The summed E-state index contributed by atoms with van der Waals surface area (Å²) in [7, 11) is 1.06. The number of nitrogens with one attached hydrogen (secondary N) is 1. The summed E-state index contributed by atoms with van der Waals surface area (Å²) in [6, 6.07) is 2.42. The first-order valence-corrected chi connectivity index (χ1v) is 9.50. The molecule has 2 amide bonds. The van der Waals surface area contributed by atoms with Gasteiger partial charge in [0, 0.05) is 4.75 Å². The Bertz CT molecular complexity index is 892. The number of hydrogen-bond donors (Lipinski definition) is 3. The Kier molecular flexibility index (Phi) is 5.08. The Morgan fingerprint density at radius 1 is 1.31 bits per heavy atom. The number of fused-ring (bicyclic) bond motifs is 1. The highest BCUT2D eigenvalue weighted by Gasteiger charge is 2.76. The number of carboxylic acid groups (broad SMARTS) is 1. The Hall–Kier alpha value is -2.66. The number of β-lactam (4-membered cyclic amide) rings is 1. The van der Waals surface area contributed by atoms with Crippen LogP contribution in [0.5, 0.6) is 0 Å². The van der Waals surface area contributed by atoms with E-state index in [9.17, 15) is 28.7 Å². The third-order valence-corrected chi connectivity index (χ3v) is 6.75. The summed E-state index contributed by atoms with van der Waals surface area (Å²) in [6.45, 7) is 3.27. The lowest BCUT2D eigenvalue weighted by molar-refractivity contribution is -0.180. The molecule has 2 aliphatic heterocycles. The summed E-state index contributed by atoms with van der Waals surface area (Å²) in [4.78, 5) is 51.0. The number of ether oxygens (including phenoxy) is 1. The van der Waals surface area contributed by atoms with Crippen molar-refractivity contribution in [1.29, 1.82) is 0 Å². The van der Waals surface area contributed by atoms with Gasteiger partial charge in [0.15, 0.2) is 0 Å². The van der Waals surface area contributed by atoms with Gasteiger partial charge >= 0.3 is 11.9 Å². The van der Waals surface area contributed by atoms with Crippen molar-refractivity contribution in [2.75, 3.05) is 7.11 Å². The zero-order valence-electron chi connectivity index (χ0n) is 15.8. The molecular weight excluding hydrogens is 405 g/mol. The lowest BCUT2D eigenvalue weighted by Crippen LogP contribution is -2.83. The van der Waals surface area contributed by atoms with E-state index in [-0.39, 0.29) is 5.56 Å². The van der Waals surface area contributed by atoms with Gasteiger partial charge in [-0.3, -0.25) is 9.59 Å². The minimum absolute atomic E-state index is 0.273. The second-order valence-corrected chi connectivity index (χ2v) is 9.08. The van der Waals surface area contributed by atoms with Crippen LogP contribution >= 0.6 is 11.8 Å². The van der Waals surface area contributed by atoms with E-state index in [2.05, 4.69) is 5.32 Å². The maximum absolute atomic E-state index is 13.1. The molecule has 1 aromatic carbocycles. The maximum atomic E-state index is 13.1. The molecule has 0 radical (unpaired) electrons. The number of benzene rings is 1. The number of hydrogen-bond acceptors (Lipinski definition) is 7. The largest absolute Gasteiger partial charge is 0.480 e. The predicted octanol–water partition coefficient (Wildman–Crippen LogP) is 0.000400. The van der Waals surface area contributed by atoms with Gasteiger partial charge in [0.1, 0.15) is 23.3 Å². The number of esters is 1. The molecule has 11 heteroatoms. The first-order chi connectivity index (χ1) is 13.5. The van der Waals surface area contributed by atoms with Gasteiger partial charge in [-0.25, -0.2) is 14.0 Å². The van der Waals surface area contributed by atoms with E-state index in [1.165, 1.54) is 12.1 Å². The van der Waals surface area contributed by atoms with E-state index in [4.69, 9.17) is 10.5 Å². The fraction of sp³-hybridized carbons (Fsp3) is 0.444. The number of nitrogens with zero attached hydrogens (tertiary/aromatic N) is 1. The molecule has 2 heterocycles. The monoisotopic (exact) mass is 425 g/mol. The molecule has 0 aliphatic carbocycles. The van der Waals surface area contributed by atoms with Gasteiger partial charge in [0.25, 0.3) is 5.91 Å². The van der Waals surface area contributed by atoms with Gasteiger partial charge in [-0.15, -0.1) is 11.8 Å². The van der Waals surface area contributed by atoms with Crippen LogP contribution in [0.4, 0.5) is 4.39 Å². The van der Waals surface area contributed by atoms with Crippen LogP contribution in [0.3, 0.4) is 0 Å². The number of carboxylic acids is 1. The first kappa shape index (κ1) is 21.1. The molecule has 0 aromatic heterocycles. The van der Waals surface area contributed by atoms with E-state index in [0.29, 0.717) is 0 Å². The number of thioether (sulfide) groups is 1. The third-order valence-electron chi connectivity index (χ3n) is 5.12. The van der Waals surface area contributed by atoms with Crippen molar-refractivity contribution >= 4 is 35.5 Å². The van der Waals surface area contributed by atoms with Crippen LogP contribution in [-0.4, -0.2) is 62.6 Å². The lowest BCUT2D eigenvalue weighted by Gasteiger charge is -2.50. The number of aliphatic carboxylic acids is 1. The van der Waals surface area contributed by atoms with Gasteiger partial charge in [0.2, 0.25) is 11.4 Å². The Morgan fingerprint density at radius 2 is 1.90 bits per heavy atom. The standard InChI is InChI=1S/C18H20FN3O6S/c1-17(2)11(13(24)25)22-14(26)18(15(22)29-17,16(27)28-3)21-12(23)10(20)8-4-6-9(19)7-5-8/h4-7,10-11,15H,20H2,1-3H3,(H,21,23)(H,24,25)/t10?,11-,15+,18-/m0/s1. The lowest BCUT2D eigenvalue weighted by atomic mass is 9.84. The Balaban J connectivity index is 1.92. The quantitative estimate of drug-likeness (QED) is 0.340. The maximum Gasteiger partial charge on any atom is 0.344 e. The molecule has 4 N–H and O–H groups in total. The molecule has 1 aromatic rings. The van der Waals surface area contributed by atoms with Gasteiger partial charge in [0.05, 0.1) is 7.11 Å². The van der Waals surface area contributed by atoms with Crippen LogP contribution in [0.15, 0.2) is 24.3 Å². The first-order valence-electron chi connectivity index (χ1n) is 8.62. The highest BCUT2D eigenvalue weighted by atomic mass is 32.2. The van der Waals surface area contributed by atoms with E-state index >= 15 is 0 Å². The minimum atomic E-state index is -2.09. The summed E-state index contributed by atoms with van der Waals surface area (Å²) >= 11 is 1.08. The van der Waals surface area contributed by atoms with E-state index in [1.807, 2.05) is 0 Å². The molecule has 3 rings (SSSR count). The van der Waals surface area contributed by atoms with Crippen LogP contribution in [0, 0.1) is 5.82 Å². The summed E-state index contributed by atoms with van der Waals surface area (Å²) in [5.74, 6) is -4.47. The van der Waals surface area contributed by atoms with Gasteiger partial charge in [-0.1, -0.05) is 12.1 Å². The summed E-state index contributed by atoms with van der Waals surface area (Å²) in [6.07, 6.45) is 0. The molecule has 2 fully saturated rings. The van der Waals surface area contributed by atoms with E-state index in [1.54, 1.807) is 13.8 Å². The number of halogens is 1. The Labute approximate surface area is 169 Å². The molecule has 2 saturated heterocycles. The third kappa shape index (κ3) is 3.04. The number of nitrogens with two attached hydrogens (primary N) is 1. The summed E-state index contributed by atoms with van der Waals surface area (Å²) in [5, 5.41) is 10.9. The molecule has 0 bridgehead atoms. The number of carbonyl (C=O) groups is 4.